The van der Waals surface area contributed by atoms with Crippen LogP contribution < -0.4 is 14.8 Å². The molecule has 128 valence electrons. The quantitative estimate of drug-likeness (QED) is 0.921. The fourth-order valence-corrected chi connectivity index (χ4v) is 3.49. The molecule has 2 aliphatic rings. The number of ether oxygens (including phenoxy) is 2. The molecule has 0 radical (unpaired) electrons. The molecular formula is C18H16FN3O3. The van der Waals surface area contributed by atoms with Crippen LogP contribution in [0.15, 0.2) is 24.4 Å². The second-order valence-electron chi connectivity index (χ2n) is 6.47. The van der Waals surface area contributed by atoms with E-state index in [1.54, 1.807) is 24.4 Å². The van der Waals surface area contributed by atoms with E-state index in [2.05, 4.69) is 16.4 Å². The maximum absolute atomic E-state index is 14.0. The van der Waals surface area contributed by atoms with Gasteiger partial charge in [0.15, 0.2) is 6.17 Å². The molecular weight excluding hydrogens is 325 g/mol. The van der Waals surface area contributed by atoms with Crippen LogP contribution in [0.1, 0.15) is 18.4 Å². The zero-order valence-electron chi connectivity index (χ0n) is 13.6. The highest BCUT2D eigenvalue weighted by Gasteiger charge is 2.63. The van der Waals surface area contributed by atoms with Crippen LogP contribution in [0.2, 0.25) is 0 Å². The number of nitrogens with zero attached hydrogens (tertiary/aromatic N) is 2. The summed E-state index contributed by atoms with van der Waals surface area (Å²) in [6.07, 6.45) is 1.50. The molecule has 4 rings (SSSR count). The Hall–Kier alpha value is -2.88. The largest absolute Gasteiger partial charge is 0.495 e. The first-order valence-corrected chi connectivity index (χ1v) is 8.03. The van der Waals surface area contributed by atoms with E-state index >= 15 is 0 Å². The molecule has 1 N–H and O–H groups in total. The lowest BCUT2D eigenvalue weighted by Crippen LogP contribution is -2.36. The van der Waals surface area contributed by atoms with Crippen molar-refractivity contribution in [3.8, 4) is 17.7 Å². The standard InChI is InChI=1S/C18H16FN3O3/c1-24-13-7-12-10(6-11(13)8-20)2-5-21-17(12)25-9-14-18(3-4-18)15(19)16(23)22-14/h2,5-7,14-15H,3-4,9H2,1H3,(H,22,23)/t14-,15?/m0/s1. The van der Waals surface area contributed by atoms with Crippen LogP contribution in [-0.4, -0.2) is 36.8 Å². The zero-order chi connectivity index (χ0) is 17.6. The molecule has 1 aromatic heterocycles. The average molecular weight is 341 g/mol. The van der Waals surface area contributed by atoms with Crippen LogP contribution >= 0.6 is 0 Å². The van der Waals surface area contributed by atoms with Gasteiger partial charge in [-0.3, -0.25) is 4.79 Å². The van der Waals surface area contributed by atoms with Crippen molar-refractivity contribution in [2.45, 2.75) is 25.1 Å². The van der Waals surface area contributed by atoms with Crippen molar-refractivity contribution in [2.24, 2.45) is 5.41 Å². The lowest BCUT2D eigenvalue weighted by molar-refractivity contribution is -0.124. The van der Waals surface area contributed by atoms with Gasteiger partial charge in [0.2, 0.25) is 5.88 Å². The summed E-state index contributed by atoms with van der Waals surface area (Å²) in [5.74, 6) is 0.245. The van der Waals surface area contributed by atoms with Crippen molar-refractivity contribution >= 4 is 16.7 Å². The summed E-state index contributed by atoms with van der Waals surface area (Å²) in [5.41, 5.74) is -0.194. The summed E-state index contributed by atoms with van der Waals surface area (Å²) in [5, 5.41) is 13.4. The van der Waals surface area contributed by atoms with Crippen molar-refractivity contribution in [1.82, 2.24) is 10.3 Å². The highest BCUT2D eigenvalue weighted by Crippen LogP contribution is 2.55. The monoisotopic (exact) mass is 341 g/mol. The number of aromatic nitrogens is 1. The average Bonchev–Trinajstić information content (AvgIpc) is 3.40. The van der Waals surface area contributed by atoms with Gasteiger partial charge < -0.3 is 14.8 Å². The van der Waals surface area contributed by atoms with Crippen LogP contribution in [0.25, 0.3) is 10.8 Å². The summed E-state index contributed by atoms with van der Waals surface area (Å²) in [4.78, 5) is 15.9. The highest BCUT2D eigenvalue weighted by atomic mass is 19.1. The highest BCUT2D eigenvalue weighted by molar-refractivity contribution is 5.89. The second-order valence-corrected chi connectivity index (χ2v) is 6.47. The van der Waals surface area contributed by atoms with E-state index in [-0.39, 0.29) is 12.6 Å². The second kappa shape index (κ2) is 5.59. The maximum atomic E-state index is 14.0. The van der Waals surface area contributed by atoms with Gasteiger partial charge in [0.25, 0.3) is 5.91 Å². The van der Waals surface area contributed by atoms with E-state index in [1.165, 1.54) is 7.11 Å². The molecule has 6 nitrogen and oxygen atoms in total. The van der Waals surface area contributed by atoms with Crippen LogP contribution in [0.3, 0.4) is 0 Å². The van der Waals surface area contributed by atoms with Crippen LogP contribution in [0.4, 0.5) is 4.39 Å². The van der Waals surface area contributed by atoms with Crippen molar-refractivity contribution in [3.05, 3.63) is 30.0 Å². The first kappa shape index (κ1) is 15.6. The number of carbonyl (C=O) groups excluding carboxylic acids is 1. The van der Waals surface area contributed by atoms with Crippen LogP contribution in [0, 0.1) is 16.7 Å². The molecule has 7 heteroatoms. The fraction of sp³-hybridized carbons (Fsp3) is 0.389. The van der Waals surface area contributed by atoms with Crippen molar-refractivity contribution < 1.29 is 18.7 Å². The maximum Gasteiger partial charge on any atom is 0.255 e. The number of fused-ring (bicyclic) bond motifs is 1. The Labute approximate surface area is 143 Å². The van der Waals surface area contributed by atoms with Crippen molar-refractivity contribution in [2.75, 3.05) is 13.7 Å². The van der Waals surface area contributed by atoms with Gasteiger partial charge in [-0.25, -0.2) is 9.37 Å². The Bertz CT molecular complexity index is 904. The number of amides is 1. The molecule has 2 aromatic rings. The third-order valence-electron chi connectivity index (χ3n) is 5.13. The topological polar surface area (TPSA) is 84.2 Å². The third-order valence-corrected chi connectivity index (χ3v) is 5.13. The SMILES string of the molecule is COc1cc2c(OC[C@@H]3NC(=O)C(F)C34CC4)nccc2cc1C#N. The van der Waals surface area contributed by atoms with Gasteiger partial charge in [-0.05, 0) is 36.4 Å². The van der Waals surface area contributed by atoms with E-state index in [1.807, 2.05) is 0 Å². The van der Waals surface area contributed by atoms with Crippen LogP contribution in [-0.2, 0) is 4.79 Å². The Kier molecular flexibility index (Phi) is 3.49. The Morgan fingerprint density at radius 3 is 2.96 bits per heavy atom. The van der Waals surface area contributed by atoms with E-state index in [0.29, 0.717) is 35.4 Å². The minimum absolute atomic E-state index is 0.153. The number of hydrogen-bond donors (Lipinski definition) is 1. The molecule has 1 aliphatic heterocycles. The molecule has 1 aromatic carbocycles. The summed E-state index contributed by atoms with van der Waals surface area (Å²) in [7, 11) is 1.49. The Balaban J connectivity index is 1.62. The number of rotatable bonds is 4. The molecule has 2 atom stereocenters. The predicted molar refractivity (Wildman–Crippen MR) is 87.0 cm³/mol. The van der Waals surface area contributed by atoms with Gasteiger partial charge >= 0.3 is 0 Å². The molecule has 1 unspecified atom stereocenters. The first-order valence-electron chi connectivity index (χ1n) is 8.03. The number of nitrogens with one attached hydrogen (secondary N) is 1. The predicted octanol–water partition coefficient (Wildman–Crippen LogP) is 2.11. The molecule has 25 heavy (non-hydrogen) atoms. The lowest BCUT2D eigenvalue weighted by Gasteiger charge is -2.19. The third kappa shape index (κ3) is 2.37. The van der Waals surface area contributed by atoms with Crippen LogP contribution in [0.5, 0.6) is 11.6 Å². The number of nitriles is 1. The fourth-order valence-electron chi connectivity index (χ4n) is 3.49. The van der Waals surface area contributed by atoms with Crippen molar-refractivity contribution in [3.63, 3.8) is 0 Å². The van der Waals surface area contributed by atoms with Gasteiger partial charge in [0.1, 0.15) is 18.4 Å². The Morgan fingerprint density at radius 2 is 2.28 bits per heavy atom. The molecule has 2 fully saturated rings. The molecule has 2 heterocycles. The number of halogens is 1. The van der Waals surface area contributed by atoms with Gasteiger partial charge in [0.05, 0.1) is 18.7 Å². The number of benzene rings is 1. The van der Waals surface area contributed by atoms with E-state index in [0.717, 1.165) is 5.39 Å². The lowest BCUT2D eigenvalue weighted by atomic mass is 9.96. The number of alkyl halides is 1. The normalized spacial score (nSPS) is 23.3. The molecule has 1 aliphatic carbocycles. The molecule has 1 spiro atoms. The number of hydrogen-bond acceptors (Lipinski definition) is 5. The van der Waals surface area contributed by atoms with Gasteiger partial charge in [-0.2, -0.15) is 5.26 Å². The van der Waals surface area contributed by atoms with E-state index in [9.17, 15) is 14.4 Å². The molecule has 1 saturated heterocycles. The van der Waals surface area contributed by atoms with Gasteiger partial charge in [0, 0.05) is 17.0 Å². The minimum atomic E-state index is -1.46. The zero-order valence-corrected chi connectivity index (χ0v) is 13.6. The number of carbonyl (C=O) groups is 1. The first-order chi connectivity index (χ1) is 12.1. The summed E-state index contributed by atoms with van der Waals surface area (Å²) >= 11 is 0. The van der Waals surface area contributed by atoms with E-state index < -0.39 is 17.5 Å². The Morgan fingerprint density at radius 1 is 1.48 bits per heavy atom. The van der Waals surface area contributed by atoms with Gasteiger partial charge in [-0.1, -0.05) is 0 Å². The summed E-state index contributed by atoms with van der Waals surface area (Å²) < 4.78 is 25.1. The summed E-state index contributed by atoms with van der Waals surface area (Å²) in [6, 6.07) is 6.92. The smallest absolute Gasteiger partial charge is 0.255 e. The van der Waals surface area contributed by atoms with Crippen molar-refractivity contribution in [1.29, 1.82) is 5.26 Å². The number of pyridine rings is 1. The molecule has 0 bridgehead atoms. The minimum Gasteiger partial charge on any atom is -0.495 e. The molecule has 1 amide bonds. The van der Waals surface area contributed by atoms with Gasteiger partial charge in [-0.15, -0.1) is 0 Å². The number of methoxy groups -OCH3 is 1. The summed E-state index contributed by atoms with van der Waals surface area (Å²) in [6.45, 7) is 0.153. The van der Waals surface area contributed by atoms with E-state index in [4.69, 9.17) is 9.47 Å². The molecule has 1 saturated carbocycles.